The van der Waals surface area contributed by atoms with Gasteiger partial charge in [-0.1, -0.05) is 6.07 Å². The van der Waals surface area contributed by atoms with Crippen molar-refractivity contribution in [2.45, 2.75) is 0 Å². The molecule has 2 aromatic rings. The zero-order chi connectivity index (χ0) is 19.1. The maximum Gasteiger partial charge on any atom is 0.249 e. The molecule has 0 saturated carbocycles. The second-order valence-electron chi connectivity index (χ2n) is 5.80. The van der Waals surface area contributed by atoms with E-state index in [9.17, 15) is 4.79 Å². The highest BCUT2D eigenvalue weighted by atomic mass is 16.5. The van der Waals surface area contributed by atoms with Gasteiger partial charge in [-0.2, -0.15) is 0 Å². The van der Waals surface area contributed by atoms with E-state index in [0.29, 0.717) is 30.5 Å². The van der Waals surface area contributed by atoms with Crippen molar-refractivity contribution in [1.29, 1.82) is 0 Å². The third-order valence-electron chi connectivity index (χ3n) is 4.07. The number of nitrogens with one attached hydrogen (secondary N) is 1. The van der Waals surface area contributed by atoms with Crippen molar-refractivity contribution in [3.63, 3.8) is 0 Å². The summed E-state index contributed by atoms with van der Waals surface area (Å²) in [6.07, 6.45) is 4.58. The summed E-state index contributed by atoms with van der Waals surface area (Å²) >= 11 is 0. The molecule has 1 aromatic carbocycles. The highest BCUT2D eigenvalue weighted by Gasteiger charge is 2.13. The number of ether oxygens (including phenoxy) is 3. The molecule has 0 atom stereocenters. The minimum Gasteiger partial charge on any atom is -0.493 e. The smallest absolute Gasteiger partial charge is 0.249 e. The van der Waals surface area contributed by atoms with Gasteiger partial charge in [-0.3, -0.25) is 4.79 Å². The normalized spacial score (nSPS) is 14.2. The van der Waals surface area contributed by atoms with E-state index in [1.165, 1.54) is 12.4 Å². The highest BCUT2D eigenvalue weighted by molar-refractivity contribution is 6.01. The van der Waals surface area contributed by atoms with Gasteiger partial charge < -0.3 is 24.4 Å². The van der Waals surface area contributed by atoms with Crippen LogP contribution in [0.2, 0.25) is 0 Å². The van der Waals surface area contributed by atoms with Gasteiger partial charge in [-0.15, -0.1) is 0 Å². The van der Waals surface area contributed by atoms with Gasteiger partial charge in [-0.25, -0.2) is 9.97 Å². The number of hydrogen-bond donors (Lipinski definition) is 1. The maximum atomic E-state index is 12.2. The molecule has 0 aliphatic carbocycles. The maximum absolute atomic E-state index is 12.2. The number of amides is 1. The van der Waals surface area contributed by atoms with E-state index in [1.54, 1.807) is 38.5 Å². The second kappa shape index (κ2) is 9.00. The molecule has 0 radical (unpaired) electrons. The summed E-state index contributed by atoms with van der Waals surface area (Å²) in [5.74, 6) is 2.18. The van der Waals surface area contributed by atoms with Gasteiger partial charge >= 0.3 is 0 Å². The fourth-order valence-electron chi connectivity index (χ4n) is 2.68. The van der Waals surface area contributed by atoms with E-state index in [0.717, 1.165) is 24.5 Å². The molecule has 1 aromatic heterocycles. The minimum atomic E-state index is -0.281. The number of rotatable bonds is 6. The molecular weight excluding hydrogens is 348 g/mol. The summed E-state index contributed by atoms with van der Waals surface area (Å²) in [5.41, 5.74) is 0.819. The first-order chi connectivity index (χ1) is 13.2. The molecule has 8 heteroatoms. The van der Waals surface area contributed by atoms with Crippen LogP contribution in [0.3, 0.4) is 0 Å². The number of anilines is 2. The Morgan fingerprint density at radius 2 is 1.93 bits per heavy atom. The van der Waals surface area contributed by atoms with Gasteiger partial charge in [0, 0.05) is 25.2 Å². The van der Waals surface area contributed by atoms with Crippen molar-refractivity contribution in [1.82, 2.24) is 9.97 Å². The third-order valence-corrected chi connectivity index (χ3v) is 4.07. The topological polar surface area (TPSA) is 85.8 Å². The molecule has 3 rings (SSSR count). The van der Waals surface area contributed by atoms with Crippen molar-refractivity contribution in [2.75, 3.05) is 50.7 Å². The largest absolute Gasteiger partial charge is 0.493 e. The van der Waals surface area contributed by atoms with E-state index < -0.39 is 0 Å². The molecule has 2 heterocycles. The Morgan fingerprint density at radius 1 is 1.15 bits per heavy atom. The molecule has 8 nitrogen and oxygen atoms in total. The van der Waals surface area contributed by atoms with E-state index in [4.69, 9.17) is 14.2 Å². The van der Waals surface area contributed by atoms with Crippen molar-refractivity contribution in [3.8, 4) is 11.5 Å². The molecule has 1 aliphatic rings. The molecule has 1 saturated heterocycles. The van der Waals surface area contributed by atoms with Crippen LogP contribution in [0.1, 0.15) is 5.56 Å². The van der Waals surface area contributed by atoms with Crippen LogP contribution in [0.15, 0.2) is 36.7 Å². The molecule has 0 bridgehead atoms. The van der Waals surface area contributed by atoms with Gasteiger partial charge in [0.2, 0.25) is 5.91 Å². The monoisotopic (exact) mass is 370 g/mol. The minimum absolute atomic E-state index is 0.281. The molecule has 0 unspecified atom stereocenters. The highest BCUT2D eigenvalue weighted by Crippen LogP contribution is 2.28. The van der Waals surface area contributed by atoms with Crippen LogP contribution in [0.5, 0.6) is 11.5 Å². The molecule has 1 fully saturated rings. The van der Waals surface area contributed by atoms with E-state index in [2.05, 4.69) is 20.2 Å². The van der Waals surface area contributed by atoms with E-state index in [-0.39, 0.29) is 5.91 Å². The number of carbonyl (C=O) groups is 1. The first-order valence-corrected chi connectivity index (χ1v) is 8.55. The molecule has 27 heavy (non-hydrogen) atoms. The number of aromatic nitrogens is 2. The lowest BCUT2D eigenvalue weighted by Crippen LogP contribution is -2.36. The van der Waals surface area contributed by atoms with Crippen LogP contribution >= 0.6 is 0 Å². The third kappa shape index (κ3) is 4.95. The Balaban J connectivity index is 1.64. The average Bonchev–Trinajstić information content (AvgIpc) is 2.73. The summed E-state index contributed by atoms with van der Waals surface area (Å²) in [7, 11) is 3.15. The summed E-state index contributed by atoms with van der Waals surface area (Å²) in [5, 5.41) is 2.75. The fourth-order valence-corrected chi connectivity index (χ4v) is 2.68. The first-order valence-electron chi connectivity index (χ1n) is 8.55. The zero-order valence-electron chi connectivity index (χ0n) is 15.3. The molecular formula is C19H22N4O4. The number of carbonyl (C=O) groups excluding carboxylic acids is 1. The van der Waals surface area contributed by atoms with E-state index in [1.807, 2.05) is 6.07 Å². The predicted molar refractivity (Wildman–Crippen MR) is 102 cm³/mol. The Kier molecular flexibility index (Phi) is 6.22. The van der Waals surface area contributed by atoms with Crippen molar-refractivity contribution in [2.24, 2.45) is 0 Å². The van der Waals surface area contributed by atoms with Gasteiger partial charge in [0.15, 0.2) is 11.5 Å². The average molecular weight is 370 g/mol. The van der Waals surface area contributed by atoms with Gasteiger partial charge in [-0.05, 0) is 23.8 Å². The second-order valence-corrected chi connectivity index (χ2v) is 5.80. The summed E-state index contributed by atoms with van der Waals surface area (Å²) in [6.45, 7) is 2.87. The van der Waals surface area contributed by atoms with Gasteiger partial charge in [0.25, 0.3) is 0 Å². The number of morpholine rings is 1. The first kappa shape index (κ1) is 18.7. The van der Waals surface area contributed by atoms with Gasteiger partial charge in [0.05, 0.1) is 27.4 Å². The van der Waals surface area contributed by atoms with Crippen LogP contribution < -0.4 is 19.7 Å². The van der Waals surface area contributed by atoms with Crippen LogP contribution in [0, 0.1) is 0 Å². The van der Waals surface area contributed by atoms with Crippen LogP contribution in [-0.4, -0.2) is 56.4 Å². The quantitative estimate of drug-likeness (QED) is 0.778. The van der Waals surface area contributed by atoms with Crippen molar-refractivity contribution in [3.05, 3.63) is 42.2 Å². The molecule has 1 aliphatic heterocycles. The summed E-state index contributed by atoms with van der Waals surface area (Å²) < 4.78 is 15.8. The van der Waals surface area contributed by atoms with Crippen LogP contribution in [0.25, 0.3) is 6.08 Å². The summed E-state index contributed by atoms with van der Waals surface area (Å²) in [4.78, 5) is 22.7. The number of methoxy groups -OCH3 is 2. The predicted octanol–water partition coefficient (Wildman–Crippen LogP) is 1.98. The summed E-state index contributed by atoms with van der Waals surface area (Å²) in [6, 6.07) is 7.18. The Hall–Kier alpha value is -3.13. The SMILES string of the molecule is COc1ccc(/C=C/C(=O)Nc2cc(N3CCOCC3)ncn2)cc1OC. The van der Waals surface area contributed by atoms with Crippen molar-refractivity contribution < 1.29 is 19.0 Å². The Labute approximate surface area is 157 Å². The zero-order valence-corrected chi connectivity index (χ0v) is 15.3. The molecule has 1 N–H and O–H groups in total. The number of benzene rings is 1. The van der Waals surface area contributed by atoms with Crippen molar-refractivity contribution >= 4 is 23.6 Å². The Morgan fingerprint density at radius 3 is 2.67 bits per heavy atom. The standard InChI is InChI=1S/C19H22N4O4/c1-25-15-5-3-14(11-16(15)26-2)4-6-19(24)22-17-12-18(21-13-20-17)23-7-9-27-10-8-23/h3-6,11-13H,7-10H2,1-2H3,(H,20,21,22,24)/b6-4+. The molecule has 142 valence electrons. The fraction of sp³-hybridized carbons (Fsp3) is 0.316. The van der Waals surface area contributed by atoms with E-state index >= 15 is 0 Å². The Bertz CT molecular complexity index is 819. The lowest BCUT2D eigenvalue weighted by Gasteiger charge is -2.27. The van der Waals surface area contributed by atoms with Gasteiger partial charge in [0.1, 0.15) is 18.0 Å². The number of nitrogens with zero attached hydrogens (tertiary/aromatic N) is 3. The number of hydrogen-bond acceptors (Lipinski definition) is 7. The molecule has 1 amide bonds. The lowest BCUT2D eigenvalue weighted by atomic mass is 10.2. The van der Waals surface area contributed by atoms with Crippen LogP contribution in [-0.2, 0) is 9.53 Å². The lowest BCUT2D eigenvalue weighted by molar-refractivity contribution is -0.111. The van der Waals surface area contributed by atoms with Crippen LogP contribution in [0.4, 0.5) is 11.6 Å². The molecule has 0 spiro atoms.